The van der Waals surface area contributed by atoms with Crippen LogP contribution in [-0.4, -0.2) is 31.0 Å². The SMILES string of the molecule is CC(C)COC(=O)C1CCCCC1C(=O)OCCCl. The Morgan fingerprint density at radius 3 is 2.11 bits per heavy atom. The van der Waals surface area contributed by atoms with Gasteiger partial charge >= 0.3 is 11.9 Å². The van der Waals surface area contributed by atoms with Crippen molar-refractivity contribution in [1.29, 1.82) is 0 Å². The highest BCUT2D eigenvalue weighted by Crippen LogP contribution is 2.32. The fourth-order valence-electron chi connectivity index (χ4n) is 2.30. The molecule has 0 heterocycles. The molecule has 1 fully saturated rings. The zero-order valence-corrected chi connectivity index (χ0v) is 12.4. The smallest absolute Gasteiger partial charge is 0.309 e. The fourth-order valence-corrected chi connectivity index (χ4v) is 2.37. The Morgan fingerprint density at radius 1 is 1.11 bits per heavy atom. The van der Waals surface area contributed by atoms with Crippen LogP contribution in [0.5, 0.6) is 0 Å². The van der Waals surface area contributed by atoms with Gasteiger partial charge < -0.3 is 9.47 Å². The molecule has 0 N–H and O–H groups in total. The van der Waals surface area contributed by atoms with Crippen molar-refractivity contribution in [3.63, 3.8) is 0 Å². The summed E-state index contributed by atoms with van der Waals surface area (Å²) in [4.78, 5) is 24.0. The monoisotopic (exact) mass is 290 g/mol. The maximum Gasteiger partial charge on any atom is 0.309 e. The fraction of sp³-hybridized carbons (Fsp3) is 0.857. The van der Waals surface area contributed by atoms with Gasteiger partial charge in [-0.3, -0.25) is 9.59 Å². The minimum absolute atomic E-state index is 0.199. The van der Waals surface area contributed by atoms with E-state index >= 15 is 0 Å². The third-order valence-electron chi connectivity index (χ3n) is 3.25. The summed E-state index contributed by atoms with van der Waals surface area (Å²) < 4.78 is 10.3. The molecule has 0 aliphatic heterocycles. The van der Waals surface area contributed by atoms with Gasteiger partial charge in [-0.1, -0.05) is 26.7 Å². The third-order valence-corrected chi connectivity index (χ3v) is 3.41. The molecular formula is C14H23ClO4. The predicted molar refractivity (Wildman–Crippen MR) is 72.9 cm³/mol. The molecule has 5 heteroatoms. The van der Waals surface area contributed by atoms with Gasteiger partial charge in [0.25, 0.3) is 0 Å². The molecular weight excluding hydrogens is 268 g/mol. The van der Waals surface area contributed by atoms with Crippen LogP contribution in [-0.2, 0) is 19.1 Å². The second-order valence-corrected chi connectivity index (χ2v) is 5.76. The van der Waals surface area contributed by atoms with Gasteiger partial charge in [-0.05, 0) is 18.8 Å². The second kappa shape index (κ2) is 8.41. The lowest BCUT2D eigenvalue weighted by Crippen LogP contribution is -2.35. The van der Waals surface area contributed by atoms with Crippen molar-refractivity contribution in [2.24, 2.45) is 17.8 Å². The molecule has 4 nitrogen and oxygen atoms in total. The molecule has 0 bridgehead atoms. The highest BCUT2D eigenvalue weighted by molar-refractivity contribution is 6.18. The standard InChI is InChI=1S/C14H23ClO4/c1-10(2)9-19-14(17)12-6-4-3-5-11(12)13(16)18-8-7-15/h10-12H,3-9H2,1-2H3. The average molecular weight is 291 g/mol. The molecule has 2 unspecified atom stereocenters. The average Bonchev–Trinajstić information content (AvgIpc) is 2.42. The largest absolute Gasteiger partial charge is 0.465 e. The number of carbonyl (C=O) groups is 2. The lowest BCUT2D eigenvalue weighted by molar-refractivity contribution is -0.163. The van der Waals surface area contributed by atoms with Crippen LogP contribution >= 0.6 is 11.6 Å². The molecule has 0 saturated heterocycles. The van der Waals surface area contributed by atoms with Gasteiger partial charge in [0.15, 0.2) is 0 Å². The number of ether oxygens (including phenoxy) is 2. The van der Waals surface area contributed by atoms with Gasteiger partial charge in [0.1, 0.15) is 6.61 Å². The number of hydrogen-bond acceptors (Lipinski definition) is 4. The molecule has 1 rings (SSSR count). The van der Waals surface area contributed by atoms with Gasteiger partial charge in [0.05, 0.1) is 24.3 Å². The normalized spacial score (nSPS) is 23.2. The Balaban J connectivity index is 2.56. The topological polar surface area (TPSA) is 52.6 Å². The predicted octanol–water partition coefficient (Wildman–Crippen LogP) is 2.77. The molecule has 0 aromatic heterocycles. The Morgan fingerprint density at radius 2 is 1.63 bits per heavy atom. The van der Waals surface area contributed by atoms with Gasteiger partial charge in [-0.25, -0.2) is 0 Å². The van der Waals surface area contributed by atoms with Crippen molar-refractivity contribution in [2.45, 2.75) is 39.5 Å². The molecule has 110 valence electrons. The molecule has 0 spiro atoms. The zero-order chi connectivity index (χ0) is 14.3. The van der Waals surface area contributed by atoms with Crippen LogP contribution in [0.4, 0.5) is 0 Å². The van der Waals surface area contributed by atoms with Crippen LogP contribution in [0.3, 0.4) is 0 Å². The summed E-state index contributed by atoms with van der Waals surface area (Å²) in [6.07, 6.45) is 3.31. The number of halogens is 1. The van der Waals surface area contributed by atoms with E-state index in [4.69, 9.17) is 21.1 Å². The van der Waals surface area contributed by atoms with Crippen molar-refractivity contribution in [2.75, 3.05) is 19.1 Å². The first kappa shape index (κ1) is 16.3. The van der Waals surface area contributed by atoms with E-state index in [1.807, 2.05) is 13.8 Å². The van der Waals surface area contributed by atoms with Crippen LogP contribution in [0.15, 0.2) is 0 Å². The Hall–Kier alpha value is -0.770. The van der Waals surface area contributed by atoms with E-state index in [0.717, 1.165) is 12.8 Å². The third kappa shape index (κ3) is 5.39. The van der Waals surface area contributed by atoms with Crippen LogP contribution in [0.2, 0.25) is 0 Å². The van der Waals surface area contributed by atoms with Crippen LogP contribution in [0.1, 0.15) is 39.5 Å². The first-order valence-corrected chi connectivity index (χ1v) is 7.49. The summed E-state index contributed by atoms with van der Waals surface area (Å²) in [6.45, 7) is 4.57. The molecule has 0 radical (unpaired) electrons. The van der Waals surface area contributed by atoms with Gasteiger partial charge in [0.2, 0.25) is 0 Å². The van der Waals surface area contributed by atoms with Gasteiger partial charge in [-0.2, -0.15) is 0 Å². The van der Waals surface area contributed by atoms with E-state index in [1.165, 1.54) is 0 Å². The number of hydrogen-bond donors (Lipinski definition) is 0. The Bertz CT molecular complexity index is 304. The molecule has 0 amide bonds. The van der Waals surface area contributed by atoms with Crippen molar-refractivity contribution < 1.29 is 19.1 Å². The summed E-state index contributed by atoms with van der Waals surface area (Å²) in [5.41, 5.74) is 0. The lowest BCUT2D eigenvalue weighted by atomic mass is 9.79. The maximum absolute atomic E-state index is 12.0. The van der Waals surface area contributed by atoms with E-state index in [-0.39, 0.29) is 36.3 Å². The van der Waals surface area contributed by atoms with E-state index in [2.05, 4.69) is 0 Å². The minimum Gasteiger partial charge on any atom is -0.465 e. The van der Waals surface area contributed by atoms with Crippen LogP contribution < -0.4 is 0 Å². The van der Waals surface area contributed by atoms with Crippen molar-refractivity contribution in [3.8, 4) is 0 Å². The van der Waals surface area contributed by atoms with E-state index in [0.29, 0.717) is 25.4 Å². The summed E-state index contributed by atoms with van der Waals surface area (Å²) >= 11 is 5.50. The number of esters is 2. The van der Waals surface area contributed by atoms with Crippen LogP contribution in [0, 0.1) is 17.8 Å². The number of rotatable bonds is 6. The second-order valence-electron chi connectivity index (χ2n) is 5.38. The van der Waals surface area contributed by atoms with Crippen molar-refractivity contribution in [1.82, 2.24) is 0 Å². The summed E-state index contributed by atoms with van der Waals surface area (Å²) in [7, 11) is 0. The first-order valence-electron chi connectivity index (χ1n) is 6.95. The number of carbonyl (C=O) groups excluding carboxylic acids is 2. The van der Waals surface area contributed by atoms with E-state index < -0.39 is 0 Å². The first-order chi connectivity index (χ1) is 9.06. The highest BCUT2D eigenvalue weighted by Gasteiger charge is 2.37. The van der Waals surface area contributed by atoms with Crippen LogP contribution in [0.25, 0.3) is 0 Å². The summed E-state index contributed by atoms with van der Waals surface area (Å²) in [5, 5.41) is 0. The molecule has 1 saturated carbocycles. The Labute approximate surface area is 119 Å². The van der Waals surface area contributed by atoms with E-state index in [9.17, 15) is 9.59 Å². The maximum atomic E-state index is 12.0. The zero-order valence-electron chi connectivity index (χ0n) is 11.7. The molecule has 19 heavy (non-hydrogen) atoms. The molecule has 2 atom stereocenters. The van der Waals surface area contributed by atoms with Gasteiger partial charge in [-0.15, -0.1) is 11.6 Å². The van der Waals surface area contributed by atoms with Crippen molar-refractivity contribution >= 4 is 23.5 Å². The molecule has 0 aromatic rings. The lowest BCUT2D eigenvalue weighted by Gasteiger charge is -2.28. The number of alkyl halides is 1. The quantitative estimate of drug-likeness (QED) is 0.557. The summed E-state index contributed by atoms with van der Waals surface area (Å²) in [5.74, 6) is -0.713. The van der Waals surface area contributed by atoms with Crippen molar-refractivity contribution in [3.05, 3.63) is 0 Å². The Kier molecular flexibility index (Phi) is 7.21. The molecule has 0 aromatic carbocycles. The minimum atomic E-state index is -0.364. The molecule has 1 aliphatic rings. The van der Waals surface area contributed by atoms with Gasteiger partial charge in [0, 0.05) is 0 Å². The highest BCUT2D eigenvalue weighted by atomic mass is 35.5. The summed E-state index contributed by atoms with van der Waals surface area (Å²) in [6, 6.07) is 0. The molecule has 1 aliphatic carbocycles. The van der Waals surface area contributed by atoms with E-state index in [1.54, 1.807) is 0 Å².